The third-order valence-corrected chi connectivity index (χ3v) is 4.01. The van der Waals surface area contributed by atoms with Crippen molar-refractivity contribution in [3.63, 3.8) is 0 Å². The number of hydrogen-bond donors (Lipinski definition) is 1. The zero-order chi connectivity index (χ0) is 11.1. The smallest absolute Gasteiger partial charge is 0.119 e. The SMILES string of the molecule is COc1ccc(Br)c([C@@H]2C[C@]2(C)CO)c1. The molecule has 1 aromatic carbocycles. The Labute approximate surface area is 98.4 Å². The second kappa shape index (κ2) is 3.80. The molecule has 3 heteroatoms. The van der Waals surface area contributed by atoms with Crippen molar-refractivity contribution in [1.29, 1.82) is 0 Å². The fourth-order valence-electron chi connectivity index (χ4n) is 1.98. The summed E-state index contributed by atoms with van der Waals surface area (Å²) in [6.07, 6.45) is 1.05. The normalized spacial score (nSPS) is 28.9. The predicted molar refractivity (Wildman–Crippen MR) is 63.2 cm³/mol. The standard InChI is InChI=1S/C12H15BrO2/c1-12(7-14)6-10(12)9-5-8(15-2)3-4-11(9)13/h3-5,10,14H,6-7H2,1-2H3/t10-,12+/m0/s1. The van der Waals surface area contributed by atoms with E-state index < -0.39 is 0 Å². The minimum absolute atomic E-state index is 0.0644. The molecule has 0 heterocycles. The highest BCUT2D eigenvalue weighted by Gasteiger charge is 2.50. The summed E-state index contributed by atoms with van der Waals surface area (Å²) >= 11 is 3.54. The first kappa shape index (κ1) is 11.0. The molecule has 2 rings (SSSR count). The number of benzene rings is 1. The number of methoxy groups -OCH3 is 1. The van der Waals surface area contributed by atoms with Crippen LogP contribution in [0.1, 0.15) is 24.8 Å². The first-order valence-corrected chi connectivity index (χ1v) is 5.84. The minimum atomic E-state index is 0.0644. The van der Waals surface area contributed by atoms with Gasteiger partial charge in [-0.2, -0.15) is 0 Å². The molecule has 0 saturated heterocycles. The van der Waals surface area contributed by atoms with Gasteiger partial charge in [0.15, 0.2) is 0 Å². The van der Waals surface area contributed by atoms with Gasteiger partial charge in [0, 0.05) is 11.1 Å². The Morgan fingerprint density at radius 1 is 1.60 bits per heavy atom. The number of ether oxygens (including phenoxy) is 1. The molecular formula is C12H15BrO2. The maximum absolute atomic E-state index is 9.27. The molecule has 2 nitrogen and oxygen atoms in total. The summed E-state index contributed by atoms with van der Waals surface area (Å²) in [7, 11) is 1.67. The van der Waals surface area contributed by atoms with Crippen LogP contribution in [0.4, 0.5) is 0 Å². The van der Waals surface area contributed by atoms with Crippen LogP contribution in [0, 0.1) is 5.41 Å². The van der Waals surface area contributed by atoms with E-state index in [0.29, 0.717) is 5.92 Å². The third kappa shape index (κ3) is 1.91. The van der Waals surface area contributed by atoms with E-state index in [4.69, 9.17) is 4.74 Å². The van der Waals surface area contributed by atoms with E-state index in [0.717, 1.165) is 16.6 Å². The van der Waals surface area contributed by atoms with Crippen molar-refractivity contribution in [1.82, 2.24) is 0 Å². The highest BCUT2D eigenvalue weighted by Crippen LogP contribution is 2.60. The van der Waals surface area contributed by atoms with Gasteiger partial charge in [-0.05, 0) is 41.5 Å². The zero-order valence-electron chi connectivity index (χ0n) is 8.96. The molecule has 2 atom stereocenters. The molecule has 0 bridgehead atoms. The van der Waals surface area contributed by atoms with Crippen LogP contribution in [0.2, 0.25) is 0 Å². The van der Waals surface area contributed by atoms with Crippen molar-refractivity contribution in [2.45, 2.75) is 19.3 Å². The van der Waals surface area contributed by atoms with E-state index in [9.17, 15) is 5.11 Å². The van der Waals surface area contributed by atoms with Crippen LogP contribution >= 0.6 is 15.9 Å². The van der Waals surface area contributed by atoms with E-state index in [1.165, 1.54) is 5.56 Å². The molecular weight excluding hydrogens is 256 g/mol. The molecule has 0 radical (unpaired) electrons. The summed E-state index contributed by atoms with van der Waals surface area (Å²) in [6, 6.07) is 5.99. The van der Waals surface area contributed by atoms with Crippen molar-refractivity contribution in [2.24, 2.45) is 5.41 Å². The number of aliphatic hydroxyl groups excluding tert-OH is 1. The fraction of sp³-hybridized carbons (Fsp3) is 0.500. The Hall–Kier alpha value is -0.540. The molecule has 1 fully saturated rings. The molecule has 1 aliphatic rings. The van der Waals surface area contributed by atoms with Gasteiger partial charge in [0.1, 0.15) is 5.75 Å². The molecule has 1 N–H and O–H groups in total. The zero-order valence-corrected chi connectivity index (χ0v) is 10.5. The molecule has 0 amide bonds. The van der Waals surface area contributed by atoms with Crippen molar-refractivity contribution in [3.05, 3.63) is 28.2 Å². The van der Waals surface area contributed by atoms with Crippen LogP contribution in [0.15, 0.2) is 22.7 Å². The molecule has 1 aromatic rings. The molecule has 0 spiro atoms. The second-order valence-corrected chi connectivity index (χ2v) is 5.31. The van der Waals surface area contributed by atoms with Gasteiger partial charge in [0.2, 0.25) is 0 Å². The summed E-state index contributed by atoms with van der Waals surface area (Å²) < 4.78 is 6.31. The molecule has 0 unspecified atom stereocenters. The highest BCUT2D eigenvalue weighted by molar-refractivity contribution is 9.10. The van der Waals surface area contributed by atoms with Crippen molar-refractivity contribution in [2.75, 3.05) is 13.7 Å². The first-order chi connectivity index (χ1) is 7.10. The average Bonchev–Trinajstić information content (AvgIpc) is 2.92. The lowest BCUT2D eigenvalue weighted by Crippen LogP contribution is -2.03. The van der Waals surface area contributed by atoms with Gasteiger partial charge in [-0.15, -0.1) is 0 Å². The second-order valence-electron chi connectivity index (χ2n) is 4.46. The lowest BCUT2D eigenvalue weighted by atomic mass is 10.0. The molecule has 0 aromatic heterocycles. The number of hydrogen-bond acceptors (Lipinski definition) is 2. The van der Waals surface area contributed by atoms with Gasteiger partial charge in [-0.1, -0.05) is 22.9 Å². The van der Waals surface area contributed by atoms with Crippen molar-refractivity contribution >= 4 is 15.9 Å². The first-order valence-electron chi connectivity index (χ1n) is 5.05. The Kier molecular flexibility index (Phi) is 2.77. The Bertz CT molecular complexity index is 378. The van der Waals surface area contributed by atoms with Gasteiger partial charge in [0.25, 0.3) is 0 Å². The Morgan fingerprint density at radius 3 is 2.87 bits per heavy atom. The Morgan fingerprint density at radius 2 is 2.33 bits per heavy atom. The van der Waals surface area contributed by atoms with E-state index in [-0.39, 0.29) is 12.0 Å². The van der Waals surface area contributed by atoms with E-state index in [1.807, 2.05) is 12.1 Å². The summed E-state index contributed by atoms with van der Waals surface area (Å²) in [5, 5.41) is 9.27. The molecule has 15 heavy (non-hydrogen) atoms. The van der Waals surface area contributed by atoms with Gasteiger partial charge in [-0.25, -0.2) is 0 Å². The summed E-state index contributed by atoms with van der Waals surface area (Å²) in [5.74, 6) is 1.33. The van der Waals surface area contributed by atoms with Gasteiger partial charge in [0.05, 0.1) is 7.11 Å². The minimum Gasteiger partial charge on any atom is -0.497 e. The largest absolute Gasteiger partial charge is 0.497 e. The summed E-state index contributed by atoms with van der Waals surface area (Å²) in [4.78, 5) is 0. The number of aliphatic hydroxyl groups is 1. The van der Waals surface area contributed by atoms with Gasteiger partial charge < -0.3 is 9.84 Å². The van der Waals surface area contributed by atoms with Gasteiger partial charge in [-0.3, -0.25) is 0 Å². The average molecular weight is 271 g/mol. The maximum atomic E-state index is 9.27. The van der Waals surface area contributed by atoms with E-state index in [2.05, 4.69) is 28.9 Å². The monoisotopic (exact) mass is 270 g/mol. The van der Waals surface area contributed by atoms with E-state index >= 15 is 0 Å². The van der Waals surface area contributed by atoms with Gasteiger partial charge >= 0.3 is 0 Å². The molecule has 1 saturated carbocycles. The van der Waals surface area contributed by atoms with Crippen LogP contribution in [0.25, 0.3) is 0 Å². The van der Waals surface area contributed by atoms with Crippen LogP contribution in [-0.2, 0) is 0 Å². The summed E-state index contributed by atoms with van der Waals surface area (Å²) in [5.41, 5.74) is 1.31. The molecule has 1 aliphatic carbocycles. The maximum Gasteiger partial charge on any atom is 0.119 e. The highest BCUT2D eigenvalue weighted by atomic mass is 79.9. The van der Waals surface area contributed by atoms with Crippen LogP contribution in [-0.4, -0.2) is 18.8 Å². The van der Waals surface area contributed by atoms with Crippen LogP contribution in [0.5, 0.6) is 5.75 Å². The quantitative estimate of drug-likeness (QED) is 0.915. The lowest BCUT2D eigenvalue weighted by molar-refractivity contribution is 0.220. The molecule has 82 valence electrons. The van der Waals surface area contributed by atoms with Crippen molar-refractivity contribution < 1.29 is 9.84 Å². The lowest BCUT2D eigenvalue weighted by Gasteiger charge is -2.10. The fourth-order valence-corrected chi connectivity index (χ4v) is 2.51. The third-order valence-electron chi connectivity index (χ3n) is 3.29. The Balaban J connectivity index is 2.29. The molecule has 0 aliphatic heterocycles. The van der Waals surface area contributed by atoms with Crippen LogP contribution < -0.4 is 4.74 Å². The number of rotatable bonds is 3. The van der Waals surface area contributed by atoms with Crippen LogP contribution in [0.3, 0.4) is 0 Å². The van der Waals surface area contributed by atoms with Crippen molar-refractivity contribution in [3.8, 4) is 5.75 Å². The summed E-state index contributed by atoms with van der Waals surface area (Å²) in [6.45, 7) is 2.37. The topological polar surface area (TPSA) is 29.5 Å². The predicted octanol–water partition coefficient (Wildman–Crippen LogP) is 2.94. The number of halogens is 1. The van der Waals surface area contributed by atoms with E-state index in [1.54, 1.807) is 7.11 Å².